The molecule has 4 rings (SSSR count). The smallest absolute Gasteiger partial charge is 0.332 e. The lowest BCUT2D eigenvalue weighted by Gasteiger charge is -2.08. The SMILES string of the molecule is O=c1[nH]c2cnc(-c3cccc(O)c3)nc2n1-c1c(Cl)cccc1Cl. The monoisotopic (exact) mass is 372 g/mol. The number of nitrogens with one attached hydrogen (secondary N) is 1. The first-order chi connectivity index (χ1) is 12.0. The van der Waals surface area contributed by atoms with E-state index in [0.29, 0.717) is 38.3 Å². The van der Waals surface area contributed by atoms with Gasteiger partial charge in [0.2, 0.25) is 0 Å². The van der Waals surface area contributed by atoms with Crippen LogP contribution >= 0.6 is 23.2 Å². The zero-order valence-corrected chi connectivity index (χ0v) is 14.1. The Kier molecular flexibility index (Phi) is 3.71. The molecule has 2 aromatic carbocycles. The van der Waals surface area contributed by atoms with Crippen molar-refractivity contribution in [3.05, 3.63) is 69.2 Å². The van der Waals surface area contributed by atoms with E-state index in [4.69, 9.17) is 23.2 Å². The summed E-state index contributed by atoms with van der Waals surface area (Å²) in [7, 11) is 0. The van der Waals surface area contributed by atoms with Crippen LogP contribution in [-0.2, 0) is 0 Å². The van der Waals surface area contributed by atoms with Crippen molar-refractivity contribution in [3.63, 3.8) is 0 Å². The Morgan fingerprint density at radius 3 is 2.52 bits per heavy atom. The summed E-state index contributed by atoms with van der Waals surface area (Å²) in [6.45, 7) is 0. The quantitative estimate of drug-likeness (QED) is 0.560. The number of para-hydroxylation sites is 1. The molecule has 0 unspecified atom stereocenters. The first kappa shape index (κ1) is 15.7. The van der Waals surface area contributed by atoms with Crippen molar-refractivity contribution in [1.29, 1.82) is 0 Å². The molecular formula is C17H10Cl2N4O2. The molecule has 6 nitrogen and oxygen atoms in total. The molecule has 0 bridgehead atoms. The normalized spacial score (nSPS) is 11.1. The Morgan fingerprint density at radius 2 is 1.80 bits per heavy atom. The Labute approximate surface area is 151 Å². The van der Waals surface area contributed by atoms with E-state index in [1.807, 2.05) is 0 Å². The molecule has 2 N–H and O–H groups in total. The highest BCUT2D eigenvalue weighted by molar-refractivity contribution is 6.37. The molecule has 0 aliphatic rings. The standard InChI is InChI=1S/C17H10Cl2N4O2/c18-11-5-2-6-12(19)14(11)23-16-13(21-17(23)25)8-20-15(22-16)9-3-1-4-10(24)7-9/h1-8,24H,(H,21,25). The fourth-order valence-electron chi connectivity index (χ4n) is 2.59. The van der Waals surface area contributed by atoms with Gasteiger partial charge in [-0.1, -0.05) is 41.4 Å². The largest absolute Gasteiger partial charge is 0.508 e. The van der Waals surface area contributed by atoms with Crippen LogP contribution in [0.5, 0.6) is 5.75 Å². The summed E-state index contributed by atoms with van der Waals surface area (Å²) in [5, 5.41) is 10.3. The Morgan fingerprint density at radius 1 is 1.08 bits per heavy atom. The van der Waals surface area contributed by atoms with Crippen molar-refractivity contribution < 1.29 is 5.11 Å². The minimum absolute atomic E-state index is 0.0989. The molecule has 0 fully saturated rings. The van der Waals surface area contributed by atoms with Gasteiger partial charge in [-0.15, -0.1) is 0 Å². The predicted octanol–water partition coefficient (Wildman–Crippen LogP) is 3.79. The zero-order chi connectivity index (χ0) is 17.6. The number of halogens is 2. The highest BCUT2D eigenvalue weighted by Crippen LogP contribution is 2.29. The van der Waals surface area contributed by atoms with Crippen molar-refractivity contribution in [3.8, 4) is 22.8 Å². The van der Waals surface area contributed by atoms with Crippen LogP contribution in [0.25, 0.3) is 28.2 Å². The number of H-pyrrole nitrogens is 1. The molecule has 0 aliphatic carbocycles. The summed E-state index contributed by atoms with van der Waals surface area (Å²) < 4.78 is 1.31. The number of aromatic nitrogens is 4. The van der Waals surface area contributed by atoms with Crippen molar-refractivity contribution in [2.24, 2.45) is 0 Å². The number of benzene rings is 2. The molecule has 2 heterocycles. The summed E-state index contributed by atoms with van der Waals surface area (Å²) >= 11 is 12.5. The van der Waals surface area contributed by atoms with Gasteiger partial charge in [-0.25, -0.2) is 19.3 Å². The van der Waals surface area contributed by atoms with Crippen LogP contribution in [0.3, 0.4) is 0 Å². The van der Waals surface area contributed by atoms with Gasteiger partial charge in [-0.2, -0.15) is 0 Å². The molecule has 0 aliphatic heterocycles. The van der Waals surface area contributed by atoms with Gasteiger partial charge in [-0.3, -0.25) is 0 Å². The number of phenolic OH excluding ortho intramolecular Hbond substituents is 1. The summed E-state index contributed by atoms with van der Waals surface area (Å²) in [5.74, 6) is 0.459. The van der Waals surface area contributed by atoms with Crippen LogP contribution in [-0.4, -0.2) is 24.6 Å². The van der Waals surface area contributed by atoms with Gasteiger partial charge in [0.25, 0.3) is 0 Å². The van der Waals surface area contributed by atoms with Crippen LogP contribution in [0.2, 0.25) is 10.0 Å². The minimum atomic E-state index is -0.424. The number of imidazole rings is 1. The average molecular weight is 373 g/mol. The van der Waals surface area contributed by atoms with E-state index in [-0.39, 0.29) is 5.75 Å². The Balaban J connectivity index is 2.01. The second-order valence-electron chi connectivity index (χ2n) is 5.32. The van der Waals surface area contributed by atoms with E-state index in [1.165, 1.54) is 10.8 Å². The van der Waals surface area contributed by atoms with Gasteiger partial charge in [0.1, 0.15) is 11.3 Å². The number of fused-ring (bicyclic) bond motifs is 1. The number of aromatic amines is 1. The molecule has 0 saturated carbocycles. The first-order valence-corrected chi connectivity index (χ1v) is 8.02. The maximum absolute atomic E-state index is 12.4. The second kappa shape index (κ2) is 5.91. The number of hydrogen-bond acceptors (Lipinski definition) is 4. The summed E-state index contributed by atoms with van der Waals surface area (Å²) in [5.41, 5.74) is 1.33. The van der Waals surface area contributed by atoms with Gasteiger partial charge in [0.15, 0.2) is 11.5 Å². The van der Waals surface area contributed by atoms with E-state index < -0.39 is 5.69 Å². The maximum atomic E-state index is 12.4. The lowest BCUT2D eigenvalue weighted by molar-refractivity contribution is 0.475. The molecule has 0 radical (unpaired) electrons. The van der Waals surface area contributed by atoms with E-state index >= 15 is 0 Å². The summed E-state index contributed by atoms with van der Waals surface area (Å²) in [6, 6.07) is 11.5. The third-order valence-corrected chi connectivity index (χ3v) is 4.30. The van der Waals surface area contributed by atoms with Crippen LogP contribution in [0.1, 0.15) is 0 Å². The molecule has 0 amide bonds. The zero-order valence-electron chi connectivity index (χ0n) is 12.6. The van der Waals surface area contributed by atoms with Crippen LogP contribution in [0, 0.1) is 0 Å². The number of phenols is 1. The third-order valence-electron chi connectivity index (χ3n) is 3.69. The van der Waals surface area contributed by atoms with Crippen molar-refractivity contribution in [2.75, 3.05) is 0 Å². The Hall–Kier alpha value is -2.83. The third kappa shape index (κ3) is 2.65. The Bertz CT molecular complexity index is 1150. The molecule has 4 aromatic rings. The fraction of sp³-hybridized carbons (Fsp3) is 0. The molecule has 2 aromatic heterocycles. The minimum Gasteiger partial charge on any atom is -0.508 e. The van der Waals surface area contributed by atoms with Gasteiger partial charge in [0.05, 0.1) is 21.9 Å². The lowest BCUT2D eigenvalue weighted by Crippen LogP contribution is -2.16. The number of hydrogen-bond donors (Lipinski definition) is 2. The fourth-order valence-corrected chi connectivity index (χ4v) is 3.16. The van der Waals surface area contributed by atoms with E-state index in [0.717, 1.165) is 0 Å². The van der Waals surface area contributed by atoms with Gasteiger partial charge < -0.3 is 10.1 Å². The molecule has 0 atom stereocenters. The maximum Gasteiger partial charge on any atom is 0.332 e. The number of nitrogens with zero attached hydrogens (tertiary/aromatic N) is 3. The van der Waals surface area contributed by atoms with Crippen LogP contribution < -0.4 is 5.69 Å². The van der Waals surface area contributed by atoms with Crippen molar-refractivity contribution >= 4 is 34.4 Å². The number of aromatic hydroxyl groups is 1. The topological polar surface area (TPSA) is 83.8 Å². The van der Waals surface area contributed by atoms with Crippen LogP contribution in [0.15, 0.2) is 53.5 Å². The average Bonchev–Trinajstić information content (AvgIpc) is 2.90. The highest BCUT2D eigenvalue weighted by atomic mass is 35.5. The molecule has 0 saturated heterocycles. The first-order valence-electron chi connectivity index (χ1n) is 7.26. The lowest BCUT2D eigenvalue weighted by atomic mass is 10.2. The molecule has 0 spiro atoms. The highest BCUT2D eigenvalue weighted by Gasteiger charge is 2.17. The molecular weight excluding hydrogens is 363 g/mol. The van der Waals surface area contributed by atoms with E-state index in [9.17, 15) is 9.90 Å². The predicted molar refractivity (Wildman–Crippen MR) is 96.6 cm³/mol. The van der Waals surface area contributed by atoms with E-state index in [2.05, 4.69) is 15.0 Å². The van der Waals surface area contributed by atoms with Gasteiger partial charge >= 0.3 is 5.69 Å². The van der Waals surface area contributed by atoms with Crippen molar-refractivity contribution in [2.45, 2.75) is 0 Å². The number of rotatable bonds is 2. The molecule has 124 valence electrons. The summed E-state index contributed by atoms with van der Waals surface area (Å²) in [4.78, 5) is 23.8. The van der Waals surface area contributed by atoms with Crippen molar-refractivity contribution in [1.82, 2.24) is 19.5 Å². The van der Waals surface area contributed by atoms with Crippen LogP contribution in [0.4, 0.5) is 0 Å². The van der Waals surface area contributed by atoms with Gasteiger partial charge in [-0.05, 0) is 24.3 Å². The molecule has 25 heavy (non-hydrogen) atoms. The second-order valence-corrected chi connectivity index (χ2v) is 6.13. The summed E-state index contributed by atoms with van der Waals surface area (Å²) in [6.07, 6.45) is 1.50. The molecule has 8 heteroatoms. The van der Waals surface area contributed by atoms with Gasteiger partial charge in [0, 0.05) is 5.56 Å². The van der Waals surface area contributed by atoms with E-state index in [1.54, 1.807) is 42.5 Å².